The summed E-state index contributed by atoms with van der Waals surface area (Å²) in [7, 11) is 0. The molecule has 0 saturated carbocycles. The van der Waals surface area contributed by atoms with Crippen molar-refractivity contribution in [1.82, 2.24) is 5.32 Å². The van der Waals surface area contributed by atoms with Crippen LogP contribution in [0.15, 0.2) is 72.9 Å². The second-order valence-corrected chi connectivity index (χ2v) is 21.1. The zero-order valence-corrected chi connectivity index (χ0v) is 47.9. The maximum absolute atomic E-state index is 13.4. The largest absolute Gasteiger partial charge is 0.454 e. The highest BCUT2D eigenvalue weighted by molar-refractivity contribution is 5.80. The third kappa shape index (κ3) is 40.0. The molecular weight excluding hydrogens is 943 g/mol. The lowest BCUT2D eigenvalue weighted by Gasteiger charge is -2.41. The van der Waals surface area contributed by atoms with Crippen molar-refractivity contribution in [3.63, 3.8) is 0 Å². The molecule has 0 spiro atoms. The second kappa shape index (κ2) is 51.8. The predicted octanol–water partition coefficient (Wildman–Crippen LogP) is 14.4. The zero-order chi connectivity index (χ0) is 54.7. The molecule has 0 bridgehead atoms. The molecule has 8 atom stereocenters. The van der Waals surface area contributed by atoms with Gasteiger partial charge in [-0.15, -0.1) is 0 Å². The van der Waals surface area contributed by atoms with Crippen LogP contribution in [-0.4, -0.2) is 99.6 Å². The van der Waals surface area contributed by atoms with Crippen LogP contribution in [0.25, 0.3) is 0 Å². The van der Waals surface area contributed by atoms with Crippen LogP contribution < -0.4 is 5.32 Å². The first-order valence-corrected chi connectivity index (χ1v) is 30.7. The molecule has 0 radical (unpaired) electrons. The molecular formula is C64H113NO10. The first-order valence-electron chi connectivity index (χ1n) is 30.7. The van der Waals surface area contributed by atoms with Gasteiger partial charge in [0.2, 0.25) is 5.91 Å². The number of carbonyl (C=O) groups excluding carboxylic acids is 2. The Morgan fingerprint density at radius 3 is 1.40 bits per heavy atom. The summed E-state index contributed by atoms with van der Waals surface area (Å²) in [4.78, 5) is 26.5. The van der Waals surface area contributed by atoms with Crippen molar-refractivity contribution in [3.05, 3.63) is 72.9 Å². The number of aliphatic hydroxyl groups is 5. The van der Waals surface area contributed by atoms with Gasteiger partial charge in [0.1, 0.15) is 24.4 Å². The number of unbranched alkanes of at least 4 members (excludes halogenated alkanes) is 27. The average molecular weight is 1060 g/mol. The van der Waals surface area contributed by atoms with E-state index in [1.54, 1.807) is 6.08 Å². The number of nitrogens with one attached hydrogen (secondary N) is 1. The van der Waals surface area contributed by atoms with E-state index >= 15 is 0 Å². The molecule has 1 saturated heterocycles. The number of amides is 1. The van der Waals surface area contributed by atoms with Crippen LogP contribution in [0.1, 0.15) is 258 Å². The summed E-state index contributed by atoms with van der Waals surface area (Å²) in [6.45, 7) is 5.71. The monoisotopic (exact) mass is 1060 g/mol. The number of aliphatic hydroxyl groups excluding tert-OH is 5. The molecule has 1 aliphatic rings. The quantitative estimate of drug-likeness (QED) is 0.0195. The van der Waals surface area contributed by atoms with Crippen molar-refractivity contribution in [2.24, 2.45) is 0 Å². The molecule has 1 aliphatic heterocycles. The maximum Gasteiger partial charge on any atom is 0.306 e. The number of hydrogen-bond donors (Lipinski definition) is 6. The highest BCUT2D eigenvalue weighted by Gasteiger charge is 2.47. The van der Waals surface area contributed by atoms with Crippen LogP contribution in [0.5, 0.6) is 0 Å². The van der Waals surface area contributed by atoms with Gasteiger partial charge in [0.15, 0.2) is 12.4 Å². The van der Waals surface area contributed by atoms with Crippen molar-refractivity contribution < 1.29 is 49.3 Å². The summed E-state index contributed by atoms with van der Waals surface area (Å²) in [6, 6.07) is -1.04. The Balaban J connectivity index is 2.69. The summed E-state index contributed by atoms with van der Waals surface area (Å²) in [5.74, 6) is -1.22. The summed E-state index contributed by atoms with van der Waals surface area (Å²) >= 11 is 0. The fourth-order valence-electron chi connectivity index (χ4n) is 9.16. The highest BCUT2D eigenvalue weighted by atomic mass is 16.7. The molecule has 0 aromatic rings. The summed E-state index contributed by atoms with van der Waals surface area (Å²) in [5, 5.41) is 56.9. The number of carbonyl (C=O) groups is 2. The van der Waals surface area contributed by atoms with Crippen LogP contribution in [-0.2, 0) is 23.8 Å². The normalized spacial score (nSPS) is 19.7. The van der Waals surface area contributed by atoms with E-state index in [0.29, 0.717) is 12.8 Å². The van der Waals surface area contributed by atoms with Crippen molar-refractivity contribution >= 4 is 11.9 Å². The van der Waals surface area contributed by atoms with Crippen molar-refractivity contribution in [3.8, 4) is 0 Å². The van der Waals surface area contributed by atoms with E-state index in [-0.39, 0.29) is 19.4 Å². The minimum Gasteiger partial charge on any atom is -0.454 e. The third-order valence-corrected chi connectivity index (χ3v) is 14.1. The van der Waals surface area contributed by atoms with Gasteiger partial charge in [0.25, 0.3) is 0 Å². The molecule has 8 unspecified atom stereocenters. The van der Waals surface area contributed by atoms with E-state index < -0.39 is 67.4 Å². The van der Waals surface area contributed by atoms with Crippen molar-refractivity contribution in [2.45, 2.75) is 307 Å². The number of esters is 1. The Hall–Kier alpha value is -2.90. The molecule has 1 heterocycles. The minimum absolute atomic E-state index is 0.114. The molecule has 11 heteroatoms. The van der Waals surface area contributed by atoms with Gasteiger partial charge in [-0.05, 0) is 96.3 Å². The number of ether oxygens (including phenoxy) is 3. The lowest BCUT2D eigenvalue weighted by atomic mass is 9.99. The molecule has 6 N–H and O–H groups in total. The van der Waals surface area contributed by atoms with Gasteiger partial charge in [0.05, 0.1) is 25.4 Å². The fraction of sp³-hybridized carbons (Fsp3) is 0.781. The van der Waals surface area contributed by atoms with Gasteiger partial charge >= 0.3 is 5.97 Å². The molecule has 1 amide bonds. The van der Waals surface area contributed by atoms with Crippen LogP contribution >= 0.6 is 0 Å². The van der Waals surface area contributed by atoms with E-state index in [0.717, 1.165) is 103 Å². The van der Waals surface area contributed by atoms with Gasteiger partial charge in [-0.1, -0.05) is 229 Å². The van der Waals surface area contributed by atoms with E-state index in [9.17, 15) is 35.1 Å². The average Bonchev–Trinajstić information content (AvgIpc) is 3.41. The molecule has 0 aliphatic carbocycles. The first kappa shape index (κ1) is 70.1. The molecule has 1 fully saturated rings. The molecule has 75 heavy (non-hydrogen) atoms. The number of rotatable bonds is 51. The van der Waals surface area contributed by atoms with Gasteiger partial charge in [-0.2, -0.15) is 0 Å². The van der Waals surface area contributed by atoms with Crippen molar-refractivity contribution in [1.29, 1.82) is 0 Å². The molecule has 434 valence electrons. The summed E-state index contributed by atoms with van der Waals surface area (Å²) in [6.07, 6.45) is 55.1. The van der Waals surface area contributed by atoms with Crippen LogP contribution in [0.2, 0.25) is 0 Å². The van der Waals surface area contributed by atoms with Crippen LogP contribution in [0.3, 0.4) is 0 Å². The minimum atomic E-state index is -1.62. The highest BCUT2D eigenvalue weighted by Crippen LogP contribution is 2.26. The van der Waals surface area contributed by atoms with Gasteiger partial charge in [-0.25, -0.2) is 0 Å². The zero-order valence-electron chi connectivity index (χ0n) is 47.9. The number of allylic oxidation sites excluding steroid dienone is 11. The first-order chi connectivity index (χ1) is 36.7. The van der Waals surface area contributed by atoms with Gasteiger partial charge < -0.3 is 45.1 Å². The Labute approximate surface area is 458 Å². The van der Waals surface area contributed by atoms with E-state index in [2.05, 4.69) is 86.8 Å². The van der Waals surface area contributed by atoms with Crippen LogP contribution in [0.4, 0.5) is 0 Å². The maximum atomic E-state index is 13.4. The van der Waals surface area contributed by atoms with Gasteiger partial charge in [-0.3, -0.25) is 9.59 Å². The Kier molecular flexibility index (Phi) is 48.5. The molecule has 0 aromatic heterocycles. The van der Waals surface area contributed by atoms with Gasteiger partial charge in [0, 0.05) is 6.42 Å². The fourth-order valence-corrected chi connectivity index (χ4v) is 9.16. The van der Waals surface area contributed by atoms with E-state index in [1.165, 1.54) is 109 Å². The lowest BCUT2D eigenvalue weighted by molar-refractivity contribution is -0.305. The molecule has 0 aromatic carbocycles. The summed E-state index contributed by atoms with van der Waals surface area (Å²) < 4.78 is 17.6. The standard InChI is InChI=1S/C64H113NO10/c1-4-7-10-13-16-19-22-24-26-28-29-30-32-34-37-40-43-46-49-52-59(69)75-62-61(71)60(70)58(53-66)74-64(62)73-54-55(56(67)50-47-44-41-38-35-21-18-15-12-9-6-3)65-63(72)57(68)51-48-45-42-39-36-33-31-27-25-23-20-17-14-11-8-5-2/h16-17,19-20,24-27,33,36,47,50,55-58,60-62,64,66-68,70-71H,4-15,18,21-23,28-32,34-35,37-46,48-49,51-54H2,1-3H3,(H,65,72)/b19-16-,20-17-,26-24-,27-25-,36-33-,50-47+. The second-order valence-electron chi connectivity index (χ2n) is 21.1. The summed E-state index contributed by atoms with van der Waals surface area (Å²) in [5.41, 5.74) is 0. The van der Waals surface area contributed by atoms with Crippen LogP contribution in [0, 0.1) is 0 Å². The topological polar surface area (TPSA) is 175 Å². The predicted molar refractivity (Wildman–Crippen MR) is 310 cm³/mol. The number of hydrogen-bond acceptors (Lipinski definition) is 10. The lowest BCUT2D eigenvalue weighted by Crippen LogP contribution is -2.61. The van der Waals surface area contributed by atoms with Crippen molar-refractivity contribution in [2.75, 3.05) is 13.2 Å². The Morgan fingerprint density at radius 2 is 0.920 bits per heavy atom. The Morgan fingerprint density at radius 1 is 0.520 bits per heavy atom. The SMILES string of the molecule is CCCCC/C=C\C/C=C\C/C=C\CCCCCC(O)C(=O)NC(COC1OC(CO)C(O)C(O)C1OC(=O)CCCCCCCCCCC/C=C\C/C=C\CCCCC)C(O)/C=C/CCCCCCCCCCC. The molecule has 1 rings (SSSR count). The van der Waals surface area contributed by atoms with E-state index in [4.69, 9.17) is 14.2 Å². The smallest absolute Gasteiger partial charge is 0.306 e. The third-order valence-electron chi connectivity index (χ3n) is 14.1. The van der Waals surface area contributed by atoms with E-state index in [1.807, 2.05) is 6.08 Å². The molecule has 11 nitrogen and oxygen atoms in total. The Bertz CT molecular complexity index is 1490.